The van der Waals surface area contributed by atoms with E-state index in [1.54, 1.807) is 7.11 Å². The van der Waals surface area contributed by atoms with Crippen LogP contribution >= 0.6 is 11.8 Å². The highest BCUT2D eigenvalue weighted by atomic mass is 32.2. The zero-order valence-corrected chi connectivity index (χ0v) is 7.95. The molecule has 5 heteroatoms. The van der Waals surface area contributed by atoms with E-state index in [0.717, 1.165) is 12.3 Å². The van der Waals surface area contributed by atoms with E-state index < -0.39 is 0 Å². The number of ether oxygens (including phenoxy) is 2. The van der Waals surface area contributed by atoms with Crippen LogP contribution in [0.15, 0.2) is 0 Å². The molecule has 2 N–H and O–H groups in total. The van der Waals surface area contributed by atoms with Crippen molar-refractivity contribution >= 4 is 16.9 Å². The van der Waals surface area contributed by atoms with Crippen molar-refractivity contribution in [1.82, 2.24) is 5.32 Å². The van der Waals surface area contributed by atoms with E-state index in [4.69, 9.17) is 14.9 Å². The summed E-state index contributed by atoms with van der Waals surface area (Å²) in [5, 5.41) is 10.8. The fourth-order valence-corrected chi connectivity index (χ4v) is 1.76. The van der Waals surface area contributed by atoms with Crippen molar-refractivity contribution < 1.29 is 9.47 Å². The highest BCUT2D eigenvalue weighted by molar-refractivity contribution is 8.13. The molecule has 0 bridgehead atoms. The van der Waals surface area contributed by atoms with E-state index in [9.17, 15) is 0 Å². The average Bonchev–Trinajstić information content (AvgIpc) is 2.09. The summed E-state index contributed by atoms with van der Waals surface area (Å²) in [4.78, 5) is 0. The van der Waals surface area contributed by atoms with Crippen LogP contribution in [0.25, 0.3) is 0 Å². The lowest BCUT2D eigenvalue weighted by atomic mass is 10.2. The van der Waals surface area contributed by atoms with Crippen LogP contribution in [0.3, 0.4) is 0 Å². The molecule has 12 heavy (non-hydrogen) atoms. The summed E-state index contributed by atoms with van der Waals surface area (Å²) in [5.74, 6) is 1.47. The minimum absolute atomic E-state index is 0.360. The first-order valence-electron chi connectivity index (χ1n) is 3.85. The average molecular weight is 190 g/mol. The summed E-state index contributed by atoms with van der Waals surface area (Å²) in [6.45, 7) is 1.91. The maximum atomic E-state index is 7.28. The monoisotopic (exact) mass is 190 g/mol. The Bertz CT molecular complexity index is 144. The van der Waals surface area contributed by atoms with Crippen molar-refractivity contribution in [3.8, 4) is 0 Å². The first kappa shape index (κ1) is 9.83. The Morgan fingerprint density at radius 1 is 1.75 bits per heavy atom. The van der Waals surface area contributed by atoms with Gasteiger partial charge in [-0.1, -0.05) is 11.8 Å². The van der Waals surface area contributed by atoms with Crippen LogP contribution in [0.4, 0.5) is 0 Å². The second-order valence-electron chi connectivity index (χ2n) is 2.66. The lowest BCUT2D eigenvalue weighted by Gasteiger charge is -2.22. The third-order valence-electron chi connectivity index (χ3n) is 1.57. The fourth-order valence-electron chi connectivity index (χ4n) is 0.953. The molecule has 1 fully saturated rings. The van der Waals surface area contributed by atoms with Crippen LogP contribution in [0, 0.1) is 11.3 Å². The molecule has 1 aliphatic rings. The van der Waals surface area contributed by atoms with Gasteiger partial charge in [0.2, 0.25) is 0 Å². The molecule has 0 aliphatic carbocycles. The Kier molecular flexibility index (Phi) is 4.42. The summed E-state index contributed by atoms with van der Waals surface area (Å²) in [7, 11) is 1.61. The zero-order chi connectivity index (χ0) is 8.81. The molecule has 0 amide bonds. The number of hydrogen-bond donors (Lipinski definition) is 2. The maximum Gasteiger partial charge on any atom is 0.153 e. The van der Waals surface area contributed by atoms with Gasteiger partial charge in [0.1, 0.15) is 6.79 Å². The van der Waals surface area contributed by atoms with Crippen molar-refractivity contribution in [2.24, 2.45) is 5.92 Å². The van der Waals surface area contributed by atoms with E-state index in [2.05, 4.69) is 5.32 Å². The second-order valence-corrected chi connectivity index (χ2v) is 3.69. The van der Waals surface area contributed by atoms with Crippen LogP contribution in [0.1, 0.15) is 0 Å². The maximum absolute atomic E-state index is 7.28. The number of methoxy groups -OCH3 is 1. The summed E-state index contributed by atoms with van der Waals surface area (Å²) >= 11 is 1.54. The molecule has 0 spiro atoms. The lowest BCUT2D eigenvalue weighted by molar-refractivity contribution is -0.0405. The molecule has 1 aliphatic heterocycles. The predicted octanol–water partition coefficient (Wildman–Crippen LogP) is 0.494. The molecule has 0 radical (unpaired) electrons. The van der Waals surface area contributed by atoms with Gasteiger partial charge in [-0.15, -0.1) is 0 Å². The van der Waals surface area contributed by atoms with E-state index in [1.165, 1.54) is 11.8 Å². The highest BCUT2D eigenvalue weighted by Gasteiger charge is 2.16. The molecule has 70 valence electrons. The Morgan fingerprint density at radius 3 is 3.17 bits per heavy atom. The minimum atomic E-state index is 0.360. The number of nitrogens with one attached hydrogen (secondary N) is 2. The molecule has 1 atom stereocenters. The van der Waals surface area contributed by atoms with E-state index in [0.29, 0.717) is 24.5 Å². The van der Waals surface area contributed by atoms with Crippen molar-refractivity contribution in [3.63, 3.8) is 0 Å². The quantitative estimate of drug-likeness (QED) is 0.500. The van der Waals surface area contributed by atoms with Crippen LogP contribution in [0.5, 0.6) is 0 Å². The van der Waals surface area contributed by atoms with Gasteiger partial charge >= 0.3 is 0 Å². The van der Waals surface area contributed by atoms with Gasteiger partial charge in [-0.2, -0.15) is 0 Å². The molecule has 1 saturated heterocycles. The Balaban J connectivity index is 2.05. The first-order chi connectivity index (χ1) is 5.83. The van der Waals surface area contributed by atoms with Gasteiger partial charge in [0, 0.05) is 25.3 Å². The zero-order valence-electron chi connectivity index (χ0n) is 7.13. The van der Waals surface area contributed by atoms with Gasteiger partial charge in [0.25, 0.3) is 0 Å². The molecule has 4 nitrogen and oxygen atoms in total. The van der Waals surface area contributed by atoms with Gasteiger partial charge in [-0.25, -0.2) is 0 Å². The van der Waals surface area contributed by atoms with Crippen molar-refractivity contribution in [3.05, 3.63) is 0 Å². The van der Waals surface area contributed by atoms with Gasteiger partial charge in [-0.3, -0.25) is 5.41 Å². The Morgan fingerprint density at radius 2 is 2.58 bits per heavy atom. The topological polar surface area (TPSA) is 54.3 Å². The third kappa shape index (κ3) is 3.42. The van der Waals surface area contributed by atoms with Gasteiger partial charge in [0.05, 0.1) is 6.61 Å². The molecule has 1 heterocycles. The van der Waals surface area contributed by atoms with Crippen LogP contribution < -0.4 is 5.32 Å². The first-order valence-corrected chi connectivity index (χ1v) is 4.83. The molecule has 0 saturated carbocycles. The standard InChI is InChI=1S/C7H14N2O2S/c1-10-5-11-3-6-2-9-7(8)12-4-6/h6H,2-5H2,1H3,(H2,8,9). The van der Waals surface area contributed by atoms with Crippen LogP contribution in [-0.2, 0) is 9.47 Å². The van der Waals surface area contributed by atoms with Gasteiger partial charge in [0.15, 0.2) is 5.17 Å². The van der Waals surface area contributed by atoms with Crippen molar-refractivity contribution in [2.75, 3.05) is 32.8 Å². The summed E-state index contributed by atoms with van der Waals surface area (Å²) < 4.78 is 9.97. The predicted molar refractivity (Wildman–Crippen MR) is 49.5 cm³/mol. The molecular formula is C7H14N2O2S. The smallest absolute Gasteiger partial charge is 0.153 e. The molecular weight excluding hydrogens is 176 g/mol. The Labute approximate surface area is 76.5 Å². The lowest BCUT2D eigenvalue weighted by Crippen LogP contribution is -2.36. The molecule has 1 unspecified atom stereocenters. The van der Waals surface area contributed by atoms with Crippen molar-refractivity contribution in [1.29, 1.82) is 5.41 Å². The fraction of sp³-hybridized carbons (Fsp3) is 0.857. The number of hydrogen-bond acceptors (Lipinski definition) is 4. The third-order valence-corrected chi connectivity index (χ3v) is 2.64. The normalized spacial score (nSPS) is 23.8. The largest absolute Gasteiger partial charge is 0.365 e. The van der Waals surface area contributed by atoms with Gasteiger partial charge < -0.3 is 14.8 Å². The molecule has 0 aromatic rings. The van der Waals surface area contributed by atoms with Crippen LogP contribution in [-0.4, -0.2) is 38.0 Å². The number of rotatable bonds is 4. The SMILES string of the molecule is COCOCC1CNC(=N)SC1. The van der Waals surface area contributed by atoms with E-state index in [1.807, 2.05) is 0 Å². The van der Waals surface area contributed by atoms with E-state index in [-0.39, 0.29) is 0 Å². The molecule has 0 aromatic heterocycles. The number of thioether (sulfide) groups is 1. The van der Waals surface area contributed by atoms with Gasteiger partial charge in [-0.05, 0) is 0 Å². The summed E-state index contributed by atoms with van der Waals surface area (Å²) in [5.41, 5.74) is 0. The van der Waals surface area contributed by atoms with Crippen LogP contribution in [0.2, 0.25) is 0 Å². The van der Waals surface area contributed by atoms with Crippen molar-refractivity contribution in [2.45, 2.75) is 0 Å². The summed E-state index contributed by atoms with van der Waals surface area (Å²) in [6.07, 6.45) is 0. The van der Waals surface area contributed by atoms with E-state index >= 15 is 0 Å². The molecule has 1 rings (SSSR count). The summed E-state index contributed by atoms with van der Waals surface area (Å²) in [6, 6.07) is 0. The second kappa shape index (κ2) is 5.40. The number of amidine groups is 1. The Hall–Kier alpha value is -0.260. The molecule has 0 aromatic carbocycles. The highest BCUT2D eigenvalue weighted by Crippen LogP contribution is 2.13. The minimum Gasteiger partial charge on any atom is -0.365 e.